The van der Waals surface area contributed by atoms with E-state index in [0.29, 0.717) is 5.92 Å². The van der Waals surface area contributed by atoms with Gasteiger partial charge in [0.25, 0.3) is 0 Å². The first-order chi connectivity index (χ1) is 10.3. The van der Waals surface area contributed by atoms with Crippen molar-refractivity contribution in [3.05, 3.63) is 0 Å². The SMILES string of the molecule is CCOC(=O)N(/N=C1\C[C@@H]2CC[C@@]1(C)C2(C)C)C(=O)OCC. The van der Waals surface area contributed by atoms with E-state index < -0.39 is 12.2 Å². The van der Waals surface area contributed by atoms with E-state index >= 15 is 0 Å². The Morgan fingerprint density at radius 2 is 1.73 bits per heavy atom. The zero-order valence-electron chi connectivity index (χ0n) is 14.1. The Morgan fingerprint density at radius 3 is 2.09 bits per heavy atom. The van der Waals surface area contributed by atoms with Gasteiger partial charge in [-0.1, -0.05) is 25.8 Å². The Hall–Kier alpha value is -1.59. The fraction of sp³-hybridized carbons (Fsp3) is 0.812. The molecule has 0 heterocycles. The van der Waals surface area contributed by atoms with Gasteiger partial charge in [-0.05, 0) is 44.4 Å². The Bertz CT molecular complexity index is 482. The van der Waals surface area contributed by atoms with E-state index in [-0.39, 0.29) is 24.0 Å². The first kappa shape index (κ1) is 16.8. The van der Waals surface area contributed by atoms with Crippen molar-refractivity contribution in [1.82, 2.24) is 5.01 Å². The molecule has 0 aromatic carbocycles. The lowest BCUT2D eigenvalue weighted by atomic mass is 9.70. The van der Waals surface area contributed by atoms with Gasteiger partial charge in [0.1, 0.15) is 0 Å². The maximum Gasteiger partial charge on any atom is 0.440 e. The maximum absolute atomic E-state index is 12.0. The summed E-state index contributed by atoms with van der Waals surface area (Å²) in [5, 5.41) is 5.10. The molecule has 2 aliphatic rings. The molecule has 2 bridgehead atoms. The van der Waals surface area contributed by atoms with Crippen LogP contribution in [0.3, 0.4) is 0 Å². The fourth-order valence-electron chi connectivity index (χ4n) is 3.73. The molecule has 2 atom stereocenters. The summed E-state index contributed by atoms with van der Waals surface area (Å²) in [4.78, 5) is 24.0. The van der Waals surface area contributed by atoms with Crippen LogP contribution < -0.4 is 0 Å². The second kappa shape index (κ2) is 5.89. The largest absolute Gasteiger partial charge is 0.448 e. The number of fused-ring (bicyclic) bond motifs is 2. The summed E-state index contributed by atoms with van der Waals surface area (Å²) in [5.74, 6) is 0.544. The lowest BCUT2D eigenvalue weighted by molar-refractivity contribution is 0.0816. The highest BCUT2D eigenvalue weighted by molar-refractivity contribution is 5.97. The van der Waals surface area contributed by atoms with Gasteiger partial charge in [0.15, 0.2) is 0 Å². The number of rotatable bonds is 3. The van der Waals surface area contributed by atoms with Crippen LogP contribution in [0.5, 0.6) is 0 Å². The number of carbonyl (C=O) groups is 2. The van der Waals surface area contributed by atoms with Crippen LogP contribution in [0.4, 0.5) is 9.59 Å². The van der Waals surface area contributed by atoms with Crippen molar-refractivity contribution in [1.29, 1.82) is 0 Å². The van der Waals surface area contributed by atoms with Crippen molar-refractivity contribution in [2.75, 3.05) is 13.2 Å². The third-order valence-corrected chi connectivity index (χ3v) is 5.61. The van der Waals surface area contributed by atoms with Crippen LogP contribution in [0.1, 0.15) is 53.9 Å². The molecule has 0 spiro atoms. The molecule has 0 saturated heterocycles. The molecule has 0 aliphatic heterocycles. The molecule has 124 valence electrons. The normalized spacial score (nSPS) is 30.4. The second-order valence-corrected chi connectivity index (χ2v) is 6.75. The molecule has 6 nitrogen and oxygen atoms in total. The van der Waals surface area contributed by atoms with Crippen LogP contribution in [-0.2, 0) is 9.47 Å². The van der Waals surface area contributed by atoms with Crippen LogP contribution in [0.25, 0.3) is 0 Å². The molecule has 0 aromatic heterocycles. The van der Waals surface area contributed by atoms with Crippen molar-refractivity contribution in [2.24, 2.45) is 21.8 Å². The number of hydrazone groups is 1. The summed E-state index contributed by atoms with van der Waals surface area (Å²) < 4.78 is 9.85. The van der Waals surface area contributed by atoms with Crippen molar-refractivity contribution in [2.45, 2.75) is 53.9 Å². The quantitative estimate of drug-likeness (QED) is 0.743. The summed E-state index contributed by atoms with van der Waals surface area (Å²) in [7, 11) is 0. The average molecular weight is 310 g/mol. The van der Waals surface area contributed by atoms with E-state index in [0.717, 1.165) is 23.6 Å². The molecule has 0 unspecified atom stereocenters. The molecule has 22 heavy (non-hydrogen) atoms. The summed E-state index contributed by atoms with van der Waals surface area (Å²) in [6.07, 6.45) is 1.46. The van der Waals surface area contributed by atoms with Gasteiger partial charge in [0.05, 0.1) is 13.2 Å². The smallest absolute Gasteiger partial charge is 0.440 e. The molecule has 2 rings (SSSR count). The number of carbonyl (C=O) groups excluding carboxylic acids is 2. The van der Waals surface area contributed by atoms with Crippen LogP contribution in [0.2, 0.25) is 0 Å². The second-order valence-electron chi connectivity index (χ2n) is 6.75. The molecular weight excluding hydrogens is 284 g/mol. The molecule has 2 aliphatic carbocycles. The van der Waals surface area contributed by atoms with Crippen LogP contribution >= 0.6 is 0 Å². The van der Waals surface area contributed by atoms with Crippen molar-refractivity contribution < 1.29 is 19.1 Å². The number of amides is 2. The lowest BCUT2D eigenvalue weighted by Crippen LogP contribution is -2.38. The Morgan fingerprint density at radius 1 is 1.18 bits per heavy atom. The first-order valence-electron chi connectivity index (χ1n) is 7.99. The predicted octanol–water partition coefficient (Wildman–Crippen LogP) is 3.80. The van der Waals surface area contributed by atoms with Gasteiger partial charge in [0, 0.05) is 11.1 Å². The van der Waals surface area contributed by atoms with Crippen molar-refractivity contribution in [3.8, 4) is 0 Å². The molecule has 0 N–H and O–H groups in total. The van der Waals surface area contributed by atoms with Gasteiger partial charge < -0.3 is 9.47 Å². The first-order valence-corrected chi connectivity index (χ1v) is 7.99. The van der Waals surface area contributed by atoms with Crippen molar-refractivity contribution in [3.63, 3.8) is 0 Å². The topological polar surface area (TPSA) is 68.2 Å². The molecule has 2 saturated carbocycles. The highest BCUT2D eigenvalue weighted by Gasteiger charge is 2.60. The molecule has 0 aromatic rings. The summed E-state index contributed by atoms with van der Waals surface area (Å²) in [6.45, 7) is 10.4. The zero-order valence-corrected chi connectivity index (χ0v) is 14.1. The minimum absolute atomic E-state index is 0.0884. The molecule has 6 heteroatoms. The van der Waals surface area contributed by atoms with Gasteiger partial charge in [0.2, 0.25) is 0 Å². The number of hydrogen-bond acceptors (Lipinski definition) is 5. The van der Waals surface area contributed by atoms with Gasteiger partial charge in [-0.25, -0.2) is 9.59 Å². The minimum Gasteiger partial charge on any atom is -0.448 e. The standard InChI is InChI=1S/C16H26N2O4/c1-6-21-13(19)18(14(20)22-7-2)17-12-10-11-8-9-16(12,5)15(11,3)4/h11H,6-10H2,1-5H3/b17-12+/t11-,16+/m0/s1. The van der Waals surface area contributed by atoms with Gasteiger partial charge in [-0.15, -0.1) is 0 Å². The number of hydrogen-bond donors (Lipinski definition) is 0. The molecule has 0 radical (unpaired) electrons. The fourth-order valence-corrected chi connectivity index (χ4v) is 3.73. The molecule has 2 amide bonds. The third-order valence-electron chi connectivity index (χ3n) is 5.61. The number of nitrogens with zero attached hydrogens (tertiary/aromatic N) is 2. The highest BCUT2D eigenvalue weighted by atomic mass is 16.6. The number of imide groups is 1. The van der Waals surface area contributed by atoms with Crippen LogP contribution in [0, 0.1) is 16.7 Å². The predicted molar refractivity (Wildman–Crippen MR) is 82.5 cm³/mol. The Kier molecular flexibility index (Phi) is 4.49. The average Bonchev–Trinajstić information content (AvgIpc) is 2.78. The van der Waals surface area contributed by atoms with Crippen LogP contribution in [0.15, 0.2) is 5.10 Å². The number of ether oxygens (including phenoxy) is 2. The lowest BCUT2D eigenvalue weighted by Gasteiger charge is -2.34. The van der Waals surface area contributed by atoms with Crippen molar-refractivity contribution >= 4 is 17.9 Å². The summed E-state index contributed by atoms with van der Waals surface area (Å²) >= 11 is 0. The summed E-state index contributed by atoms with van der Waals surface area (Å²) in [6, 6.07) is 0. The highest BCUT2D eigenvalue weighted by Crippen LogP contribution is 2.64. The Balaban J connectivity index is 2.30. The van der Waals surface area contributed by atoms with E-state index in [1.54, 1.807) is 13.8 Å². The van der Waals surface area contributed by atoms with E-state index in [9.17, 15) is 9.59 Å². The molecular formula is C16H26N2O4. The monoisotopic (exact) mass is 310 g/mol. The van der Waals surface area contributed by atoms with E-state index in [4.69, 9.17) is 9.47 Å². The van der Waals surface area contributed by atoms with E-state index in [1.807, 2.05) is 0 Å². The third kappa shape index (κ3) is 2.48. The maximum atomic E-state index is 12.0. The summed E-state index contributed by atoms with van der Waals surface area (Å²) in [5.41, 5.74) is 0.935. The molecule has 2 fully saturated rings. The minimum atomic E-state index is -0.780. The zero-order chi connectivity index (χ0) is 16.5. The van der Waals surface area contributed by atoms with Crippen LogP contribution in [-0.4, -0.2) is 36.1 Å². The van der Waals surface area contributed by atoms with Gasteiger partial charge in [-0.3, -0.25) is 0 Å². The Labute approximate surface area is 131 Å². The van der Waals surface area contributed by atoms with Gasteiger partial charge >= 0.3 is 12.2 Å². The van der Waals surface area contributed by atoms with E-state index in [2.05, 4.69) is 25.9 Å². The van der Waals surface area contributed by atoms with E-state index in [1.165, 1.54) is 6.42 Å². The van der Waals surface area contributed by atoms with Gasteiger partial charge in [-0.2, -0.15) is 5.10 Å².